The van der Waals surface area contributed by atoms with Gasteiger partial charge in [-0.05, 0) is 36.2 Å². The summed E-state index contributed by atoms with van der Waals surface area (Å²) < 4.78 is 18.3. The van der Waals surface area contributed by atoms with Crippen LogP contribution in [0.15, 0.2) is 36.5 Å². The van der Waals surface area contributed by atoms with Gasteiger partial charge in [0.15, 0.2) is 0 Å². The third kappa shape index (κ3) is 3.17. The molecule has 1 aromatic carbocycles. The molecule has 0 aliphatic carbocycles. The number of rotatable bonds is 3. The van der Waals surface area contributed by atoms with Crippen LogP contribution in [-0.4, -0.2) is 4.98 Å². The minimum absolute atomic E-state index is 0.252. The van der Waals surface area contributed by atoms with Gasteiger partial charge in [0.25, 0.3) is 0 Å². The Morgan fingerprint density at radius 2 is 2.00 bits per heavy atom. The van der Waals surface area contributed by atoms with E-state index in [0.717, 1.165) is 11.1 Å². The van der Waals surface area contributed by atoms with E-state index < -0.39 is 0 Å². The summed E-state index contributed by atoms with van der Waals surface area (Å²) in [6, 6.07) is 7.93. The van der Waals surface area contributed by atoms with Crippen molar-refractivity contribution in [3.63, 3.8) is 0 Å². The Morgan fingerprint density at radius 1 is 1.29 bits per heavy atom. The van der Waals surface area contributed by atoms with Crippen molar-refractivity contribution >= 4 is 11.6 Å². The largest absolute Gasteiger partial charge is 0.487 e. The van der Waals surface area contributed by atoms with Crippen molar-refractivity contribution < 1.29 is 9.13 Å². The predicted molar refractivity (Wildman–Crippen MR) is 64.7 cm³/mol. The fourth-order valence-corrected chi connectivity index (χ4v) is 1.61. The zero-order valence-corrected chi connectivity index (χ0v) is 10.0. The van der Waals surface area contributed by atoms with Crippen LogP contribution in [0.4, 0.5) is 4.39 Å². The molecule has 0 N–H and O–H groups in total. The van der Waals surface area contributed by atoms with Crippen molar-refractivity contribution in [1.82, 2.24) is 4.98 Å². The zero-order chi connectivity index (χ0) is 12.3. The van der Waals surface area contributed by atoms with Crippen LogP contribution in [0.5, 0.6) is 5.75 Å². The highest BCUT2D eigenvalue weighted by Gasteiger charge is 2.02. The van der Waals surface area contributed by atoms with Crippen LogP contribution in [0.25, 0.3) is 0 Å². The average Bonchev–Trinajstić information content (AvgIpc) is 2.30. The van der Waals surface area contributed by atoms with Gasteiger partial charge in [0.1, 0.15) is 23.3 Å². The molecule has 2 aromatic rings. The molecule has 0 amide bonds. The van der Waals surface area contributed by atoms with Gasteiger partial charge in [-0.1, -0.05) is 23.7 Å². The Hall–Kier alpha value is -1.61. The molecule has 0 atom stereocenters. The van der Waals surface area contributed by atoms with Crippen LogP contribution < -0.4 is 4.74 Å². The first kappa shape index (κ1) is 11.9. The maximum absolute atomic E-state index is 12.7. The Balaban J connectivity index is 2.04. The van der Waals surface area contributed by atoms with Gasteiger partial charge in [0.05, 0.1) is 6.20 Å². The number of halogens is 2. The number of benzene rings is 1. The van der Waals surface area contributed by atoms with Gasteiger partial charge in [-0.15, -0.1) is 0 Å². The highest BCUT2D eigenvalue weighted by molar-refractivity contribution is 6.29. The molecule has 1 heterocycles. The number of hydrogen-bond acceptors (Lipinski definition) is 2. The average molecular weight is 252 g/mol. The molecule has 0 saturated carbocycles. The maximum atomic E-state index is 12.7. The van der Waals surface area contributed by atoms with Gasteiger partial charge in [-0.2, -0.15) is 0 Å². The summed E-state index contributed by atoms with van der Waals surface area (Å²) in [6.07, 6.45) is 1.58. The molecule has 0 radical (unpaired) electrons. The molecule has 0 unspecified atom stereocenters. The first-order valence-electron chi connectivity index (χ1n) is 5.14. The van der Waals surface area contributed by atoms with E-state index in [-0.39, 0.29) is 5.82 Å². The number of nitrogens with zero attached hydrogens (tertiary/aromatic N) is 1. The minimum atomic E-state index is -0.252. The van der Waals surface area contributed by atoms with E-state index in [1.807, 2.05) is 6.92 Å². The zero-order valence-electron chi connectivity index (χ0n) is 9.28. The number of aryl methyl sites for hydroxylation is 1. The quantitative estimate of drug-likeness (QED) is 0.775. The SMILES string of the molecule is Cc1cc(Cl)ncc1OCc1ccc(F)cc1. The van der Waals surface area contributed by atoms with Crippen molar-refractivity contribution in [3.8, 4) is 5.75 Å². The molecule has 4 heteroatoms. The molecule has 0 bridgehead atoms. The van der Waals surface area contributed by atoms with Gasteiger partial charge < -0.3 is 4.74 Å². The number of ether oxygens (including phenoxy) is 1. The third-order valence-electron chi connectivity index (χ3n) is 2.34. The lowest BCUT2D eigenvalue weighted by Gasteiger charge is -2.08. The van der Waals surface area contributed by atoms with Gasteiger partial charge in [0, 0.05) is 0 Å². The molecule has 1 aromatic heterocycles. The molecule has 17 heavy (non-hydrogen) atoms. The highest BCUT2D eigenvalue weighted by Crippen LogP contribution is 2.20. The van der Waals surface area contributed by atoms with Crippen molar-refractivity contribution in [3.05, 3.63) is 58.6 Å². The fraction of sp³-hybridized carbons (Fsp3) is 0.154. The van der Waals surface area contributed by atoms with Crippen molar-refractivity contribution in [2.75, 3.05) is 0 Å². The lowest BCUT2D eigenvalue weighted by Crippen LogP contribution is -1.97. The summed E-state index contributed by atoms with van der Waals surface area (Å²) >= 11 is 5.74. The predicted octanol–water partition coefficient (Wildman–Crippen LogP) is 3.76. The molecular formula is C13H11ClFNO. The van der Waals surface area contributed by atoms with Gasteiger partial charge in [-0.25, -0.2) is 9.37 Å². The molecule has 0 aliphatic heterocycles. The summed E-state index contributed by atoms with van der Waals surface area (Å²) in [7, 11) is 0. The smallest absolute Gasteiger partial charge is 0.141 e. The summed E-state index contributed by atoms with van der Waals surface area (Å²) in [5, 5.41) is 0.441. The monoisotopic (exact) mass is 251 g/mol. The Morgan fingerprint density at radius 3 is 2.65 bits per heavy atom. The van der Waals surface area contributed by atoms with E-state index in [2.05, 4.69) is 4.98 Å². The van der Waals surface area contributed by atoms with Crippen molar-refractivity contribution in [2.24, 2.45) is 0 Å². The van der Waals surface area contributed by atoms with Gasteiger partial charge >= 0.3 is 0 Å². The Labute approximate surface area is 104 Å². The minimum Gasteiger partial charge on any atom is -0.487 e. The first-order valence-corrected chi connectivity index (χ1v) is 5.52. The third-order valence-corrected chi connectivity index (χ3v) is 2.54. The second kappa shape index (κ2) is 5.15. The lowest BCUT2D eigenvalue weighted by molar-refractivity contribution is 0.302. The number of aromatic nitrogens is 1. The fourth-order valence-electron chi connectivity index (χ4n) is 1.40. The summed E-state index contributed by atoms with van der Waals surface area (Å²) in [5.41, 5.74) is 1.83. The van der Waals surface area contributed by atoms with Crippen LogP contribution in [0.1, 0.15) is 11.1 Å². The molecule has 2 rings (SSSR count). The van der Waals surface area contributed by atoms with Crippen molar-refractivity contribution in [1.29, 1.82) is 0 Å². The molecule has 0 spiro atoms. The van der Waals surface area contributed by atoms with Gasteiger partial charge in [0.2, 0.25) is 0 Å². The van der Waals surface area contributed by atoms with Crippen LogP contribution in [0.2, 0.25) is 5.15 Å². The lowest BCUT2D eigenvalue weighted by atomic mass is 10.2. The van der Waals surface area contributed by atoms with Crippen LogP contribution >= 0.6 is 11.6 Å². The Bertz CT molecular complexity index is 513. The first-order chi connectivity index (χ1) is 8.15. The number of pyridine rings is 1. The summed E-state index contributed by atoms with van der Waals surface area (Å²) in [6.45, 7) is 2.28. The van der Waals surface area contributed by atoms with E-state index >= 15 is 0 Å². The normalized spacial score (nSPS) is 10.3. The highest BCUT2D eigenvalue weighted by atomic mass is 35.5. The second-order valence-corrected chi connectivity index (χ2v) is 4.07. The van der Waals surface area contributed by atoms with E-state index in [9.17, 15) is 4.39 Å². The number of hydrogen-bond donors (Lipinski definition) is 0. The van der Waals surface area contributed by atoms with E-state index in [0.29, 0.717) is 17.5 Å². The molecular weight excluding hydrogens is 241 g/mol. The molecule has 0 fully saturated rings. The summed E-state index contributed by atoms with van der Waals surface area (Å²) in [5.74, 6) is 0.428. The van der Waals surface area contributed by atoms with E-state index in [4.69, 9.17) is 16.3 Å². The maximum Gasteiger partial charge on any atom is 0.141 e. The van der Waals surface area contributed by atoms with Crippen LogP contribution in [0, 0.1) is 12.7 Å². The molecule has 88 valence electrons. The second-order valence-electron chi connectivity index (χ2n) is 3.69. The van der Waals surface area contributed by atoms with Crippen LogP contribution in [-0.2, 0) is 6.61 Å². The van der Waals surface area contributed by atoms with Gasteiger partial charge in [-0.3, -0.25) is 0 Å². The molecule has 0 saturated heterocycles. The van der Waals surface area contributed by atoms with E-state index in [1.54, 1.807) is 24.4 Å². The molecule has 2 nitrogen and oxygen atoms in total. The van der Waals surface area contributed by atoms with E-state index in [1.165, 1.54) is 12.1 Å². The standard InChI is InChI=1S/C13H11ClFNO/c1-9-6-13(14)16-7-12(9)17-8-10-2-4-11(15)5-3-10/h2-7H,8H2,1H3. The Kier molecular flexibility index (Phi) is 3.59. The van der Waals surface area contributed by atoms with Crippen molar-refractivity contribution in [2.45, 2.75) is 13.5 Å². The topological polar surface area (TPSA) is 22.1 Å². The molecule has 0 aliphatic rings. The summed E-state index contributed by atoms with van der Waals surface area (Å²) in [4.78, 5) is 3.95. The van der Waals surface area contributed by atoms with Crippen LogP contribution in [0.3, 0.4) is 0 Å².